The van der Waals surface area contributed by atoms with Gasteiger partial charge in [0.25, 0.3) is 0 Å². The van der Waals surface area contributed by atoms with E-state index >= 15 is 0 Å². The molecule has 0 bridgehead atoms. The minimum absolute atomic E-state index is 0.110. The number of piperazine rings is 1. The van der Waals surface area contributed by atoms with Crippen molar-refractivity contribution in [3.63, 3.8) is 0 Å². The topological polar surface area (TPSA) is 87.9 Å². The van der Waals surface area contributed by atoms with E-state index in [1.54, 1.807) is 25.1 Å². The Balaban J connectivity index is 1.71. The third-order valence-electron chi connectivity index (χ3n) is 5.75. The first-order valence-corrected chi connectivity index (χ1v) is 10.1. The number of hydrogen-bond donors (Lipinski definition) is 1. The minimum Gasteiger partial charge on any atom is -0.496 e. The predicted octanol–water partition coefficient (Wildman–Crippen LogP) is 1.96. The van der Waals surface area contributed by atoms with E-state index in [2.05, 4.69) is 22.3 Å². The van der Waals surface area contributed by atoms with Crippen molar-refractivity contribution in [1.29, 1.82) is 0 Å². The lowest BCUT2D eigenvalue weighted by atomic mass is 10.00. The van der Waals surface area contributed by atoms with Crippen LogP contribution in [0.1, 0.15) is 34.6 Å². The third kappa shape index (κ3) is 4.81. The van der Waals surface area contributed by atoms with Crippen molar-refractivity contribution < 1.29 is 18.8 Å². The van der Waals surface area contributed by atoms with Gasteiger partial charge in [0.2, 0.25) is 11.8 Å². The van der Waals surface area contributed by atoms with Crippen molar-refractivity contribution >= 4 is 11.8 Å². The standard InChI is InChI=1S/C22H30N4O4/c1-14-10-18(30-24-14)13-25(4)21(27)11-19-22(28)23-8-9-26(19)12-17-6-7-20(29-5)16(3)15(17)2/h6-7,10,19H,8-9,11-13H2,1-5H3,(H,23,28)/t19-/m0/s1. The Morgan fingerprint density at radius 2 is 2.10 bits per heavy atom. The lowest BCUT2D eigenvalue weighted by Crippen LogP contribution is -2.56. The van der Waals surface area contributed by atoms with Gasteiger partial charge in [-0.05, 0) is 43.5 Å². The highest BCUT2D eigenvalue weighted by Crippen LogP contribution is 2.26. The Morgan fingerprint density at radius 3 is 2.77 bits per heavy atom. The molecule has 0 radical (unpaired) electrons. The van der Waals surface area contributed by atoms with Gasteiger partial charge >= 0.3 is 0 Å². The van der Waals surface area contributed by atoms with Crippen LogP contribution in [0, 0.1) is 20.8 Å². The second-order valence-corrected chi connectivity index (χ2v) is 7.84. The van der Waals surface area contributed by atoms with Crippen LogP contribution in [0.15, 0.2) is 22.7 Å². The largest absolute Gasteiger partial charge is 0.496 e. The molecular formula is C22H30N4O4. The highest BCUT2D eigenvalue weighted by atomic mass is 16.5. The van der Waals surface area contributed by atoms with Gasteiger partial charge in [-0.15, -0.1) is 0 Å². The Labute approximate surface area is 177 Å². The summed E-state index contributed by atoms with van der Waals surface area (Å²) in [5, 5.41) is 6.74. The van der Waals surface area contributed by atoms with E-state index < -0.39 is 6.04 Å². The number of ether oxygens (including phenoxy) is 1. The molecule has 1 aromatic heterocycles. The van der Waals surface area contributed by atoms with Crippen molar-refractivity contribution in [2.75, 3.05) is 27.2 Å². The van der Waals surface area contributed by atoms with Crippen molar-refractivity contribution in [2.24, 2.45) is 0 Å². The minimum atomic E-state index is -0.507. The van der Waals surface area contributed by atoms with Crippen molar-refractivity contribution in [2.45, 2.75) is 46.3 Å². The Morgan fingerprint density at radius 1 is 1.33 bits per heavy atom. The van der Waals surface area contributed by atoms with Crippen LogP contribution in [-0.2, 0) is 22.7 Å². The van der Waals surface area contributed by atoms with Gasteiger partial charge in [-0.1, -0.05) is 11.2 Å². The number of nitrogens with zero attached hydrogens (tertiary/aromatic N) is 3. The molecule has 2 aromatic rings. The molecule has 1 fully saturated rings. The molecule has 8 heteroatoms. The van der Waals surface area contributed by atoms with Crippen molar-refractivity contribution in [3.05, 3.63) is 46.3 Å². The van der Waals surface area contributed by atoms with Crippen molar-refractivity contribution in [3.8, 4) is 5.75 Å². The summed E-state index contributed by atoms with van der Waals surface area (Å²) in [4.78, 5) is 29.1. The van der Waals surface area contributed by atoms with Crippen LogP contribution in [-0.4, -0.2) is 60.1 Å². The average Bonchev–Trinajstić information content (AvgIpc) is 3.12. The van der Waals surface area contributed by atoms with Crippen LogP contribution in [0.2, 0.25) is 0 Å². The maximum absolute atomic E-state index is 12.8. The summed E-state index contributed by atoms with van der Waals surface area (Å²) >= 11 is 0. The van der Waals surface area contributed by atoms with Gasteiger partial charge in [0.1, 0.15) is 5.75 Å². The molecule has 1 atom stereocenters. The average molecular weight is 415 g/mol. The first-order valence-electron chi connectivity index (χ1n) is 10.1. The summed E-state index contributed by atoms with van der Waals surface area (Å²) < 4.78 is 10.6. The zero-order chi connectivity index (χ0) is 21.8. The fourth-order valence-electron chi connectivity index (χ4n) is 3.77. The first-order chi connectivity index (χ1) is 14.3. The Bertz CT molecular complexity index is 924. The molecule has 1 saturated heterocycles. The highest BCUT2D eigenvalue weighted by Gasteiger charge is 2.33. The van der Waals surface area contributed by atoms with Crippen molar-refractivity contribution in [1.82, 2.24) is 20.3 Å². The first kappa shape index (κ1) is 21.8. The quantitative estimate of drug-likeness (QED) is 0.745. The number of hydrogen-bond acceptors (Lipinski definition) is 6. The Hall–Kier alpha value is -2.87. The number of aryl methyl sites for hydroxylation is 1. The SMILES string of the molecule is COc1ccc(CN2CCNC(=O)[C@@H]2CC(=O)N(C)Cc2cc(C)no2)c(C)c1C. The van der Waals surface area contributed by atoms with Gasteiger partial charge in [-0.3, -0.25) is 14.5 Å². The maximum Gasteiger partial charge on any atom is 0.237 e. The lowest BCUT2D eigenvalue weighted by molar-refractivity contribution is -0.138. The molecule has 1 N–H and O–H groups in total. The fraction of sp³-hybridized carbons (Fsp3) is 0.500. The van der Waals surface area contributed by atoms with Gasteiger partial charge < -0.3 is 19.5 Å². The molecule has 2 amide bonds. The molecule has 0 spiro atoms. The molecule has 2 heterocycles. The van der Waals surface area contributed by atoms with Gasteiger partial charge in [0.15, 0.2) is 5.76 Å². The van der Waals surface area contributed by atoms with Gasteiger partial charge in [-0.25, -0.2) is 0 Å². The maximum atomic E-state index is 12.8. The van der Waals surface area contributed by atoms with E-state index in [1.165, 1.54) is 0 Å². The molecule has 162 valence electrons. The summed E-state index contributed by atoms with van der Waals surface area (Å²) in [6.45, 7) is 8.12. The second-order valence-electron chi connectivity index (χ2n) is 7.84. The number of aromatic nitrogens is 1. The molecular weight excluding hydrogens is 384 g/mol. The normalized spacial score (nSPS) is 17.0. The van der Waals surface area contributed by atoms with Crippen LogP contribution in [0.4, 0.5) is 0 Å². The van der Waals surface area contributed by atoms with E-state index in [9.17, 15) is 9.59 Å². The molecule has 1 aromatic carbocycles. The summed E-state index contributed by atoms with van der Waals surface area (Å²) in [6.07, 6.45) is 0.115. The summed E-state index contributed by atoms with van der Waals surface area (Å²) in [7, 11) is 3.37. The fourth-order valence-corrected chi connectivity index (χ4v) is 3.77. The molecule has 3 rings (SSSR count). The van der Waals surface area contributed by atoms with E-state index in [0.29, 0.717) is 31.9 Å². The number of rotatable bonds is 7. The van der Waals surface area contributed by atoms with Crippen LogP contribution in [0.5, 0.6) is 5.75 Å². The number of benzene rings is 1. The molecule has 0 aliphatic carbocycles. The lowest BCUT2D eigenvalue weighted by Gasteiger charge is -2.35. The molecule has 1 aliphatic rings. The summed E-state index contributed by atoms with van der Waals surface area (Å²) in [6, 6.07) is 5.28. The zero-order valence-corrected chi connectivity index (χ0v) is 18.3. The zero-order valence-electron chi connectivity index (χ0n) is 18.3. The van der Waals surface area contributed by atoms with Gasteiger partial charge in [0, 0.05) is 32.7 Å². The summed E-state index contributed by atoms with van der Waals surface area (Å²) in [5.74, 6) is 1.25. The number of amides is 2. The van der Waals surface area contributed by atoms with E-state index in [0.717, 1.165) is 28.1 Å². The number of methoxy groups -OCH3 is 1. The second kappa shape index (κ2) is 9.30. The molecule has 8 nitrogen and oxygen atoms in total. The third-order valence-corrected chi connectivity index (χ3v) is 5.75. The smallest absolute Gasteiger partial charge is 0.237 e. The van der Waals surface area contributed by atoms with Crippen LogP contribution < -0.4 is 10.1 Å². The van der Waals surface area contributed by atoms with Crippen LogP contribution in [0.3, 0.4) is 0 Å². The van der Waals surface area contributed by atoms with E-state index in [1.807, 2.05) is 26.0 Å². The van der Waals surface area contributed by atoms with E-state index in [-0.39, 0.29) is 18.2 Å². The number of nitrogens with one attached hydrogen (secondary N) is 1. The Kier molecular flexibility index (Phi) is 6.77. The van der Waals surface area contributed by atoms with Gasteiger partial charge in [0.05, 0.1) is 31.8 Å². The predicted molar refractivity (Wildman–Crippen MR) is 112 cm³/mol. The molecule has 0 unspecified atom stereocenters. The molecule has 30 heavy (non-hydrogen) atoms. The van der Waals surface area contributed by atoms with E-state index in [4.69, 9.17) is 9.26 Å². The highest BCUT2D eigenvalue weighted by molar-refractivity contribution is 5.88. The molecule has 0 saturated carbocycles. The van der Waals surface area contributed by atoms with Crippen LogP contribution in [0.25, 0.3) is 0 Å². The van der Waals surface area contributed by atoms with Crippen LogP contribution >= 0.6 is 0 Å². The number of carbonyl (C=O) groups is 2. The monoisotopic (exact) mass is 414 g/mol. The summed E-state index contributed by atoms with van der Waals surface area (Å²) in [5.41, 5.74) is 4.13. The van der Waals surface area contributed by atoms with Gasteiger partial charge in [-0.2, -0.15) is 0 Å². The molecule has 1 aliphatic heterocycles. The number of carbonyl (C=O) groups excluding carboxylic acids is 2.